The van der Waals surface area contributed by atoms with Gasteiger partial charge >= 0.3 is 5.97 Å². The van der Waals surface area contributed by atoms with Crippen molar-refractivity contribution in [2.75, 3.05) is 0 Å². The van der Waals surface area contributed by atoms with Crippen molar-refractivity contribution in [2.45, 2.75) is 64.2 Å². The lowest BCUT2D eigenvalue weighted by molar-refractivity contribution is -0.142. The van der Waals surface area contributed by atoms with E-state index in [1.165, 1.54) is 20.8 Å². The first kappa shape index (κ1) is 24.1. The maximum Gasteiger partial charge on any atom is 0.326 e. The normalized spacial score (nSPS) is 14.2. The Morgan fingerprint density at radius 3 is 2.03 bits per heavy atom. The molecule has 6 N–H and O–H groups in total. The van der Waals surface area contributed by atoms with Crippen LogP contribution < -0.4 is 21.7 Å². The van der Waals surface area contributed by atoms with Gasteiger partial charge in [-0.15, -0.1) is 0 Å². The first-order chi connectivity index (χ1) is 13.5. The van der Waals surface area contributed by atoms with E-state index in [4.69, 9.17) is 5.73 Å². The molecule has 0 spiro atoms. The van der Waals surface area contributed by atoms with Crippen molar-refractivity contribution in [1.29, 1.82) is 0 Å². The molecule has 1 aromatic carbocycles. The molecule has 0 radical (unpaired) electrons. The van der Waals surface area contributed by atoms with Gasteiger partial charge in [0.15, 0.2) is 0 Å². The maximum atomic E-state index is 12.7. The highest BCUT2D eigenvalue weighted by molar-refractivity contribution is 5.94. The Morgan fingerprint density at radius 1 is 1.00 bits per heavy atom. The number of hydrogen-bond donors (Lipinski definition) is 5. The average molecular weight is 406 g/mol. The number of aliphatic carboxylic acids is 1. The van der Waals surface area contributed by atoms with Crippen LogP contribution in [0.3, 0.4) is 0 Å². The smallest absolute Gasteiger partial charge is 0.326 e. The van der Waals surface area contributed by atoms with Crippen LogP contribution >= 0.6 is 0 Å². The van der Waals surface area contributed by atoms with Crippen LogP contribution in [0.4, 0.5) is 0 Å². The third-order valence-electron chi connectivity index (χ3n) is 4.26. The maximum absolute atomic E-state index is 12.7. The lowest BCUT2D eigenvalue weighted by atomic mass is 10.0. The van der Waals surface area contributed by atoms with Crippen molar-refractivity contribution in [3.63, 3.8) is 0 Å². The zero-order valence-corrected chi connectivity index (χ0v) is 17.2. The summed E-state index contributed by atoms with van der Waals surface area (Å²) in [5.41, 5.74) is 5.34. The molecule has 0 saturated carbocycles. The molecule has 0 aliphatic rings. The summed E-state index contributed by atoms with van der Waals surface area (Å²) in [5.74, 6) is -2.87. The van der Waals surface area contributed by atoms with Crippen LogP contribution in [0.25, 0.3) is 0 Å². The monoisotopic (exact) mass is 406 g/mol. The highest BCUT2D eigenvalue weighted by Crippen LogP contribution is 2.05. The van der Waals surface area contributed by atoms with Gasteiger partial charge in [-0.05, 0) is 32.8 Å². The number of nitrogens with one attached hydrogen (secondary N) is 3. The van der Waals surface area contributed by atoms with E-state index in [0.29, 0.717) is 0 Å². The summed E-state index contributed by atoms with van der Waals surface area (Å²) in [6.45, 7) is 6.13. The lowest BCUT2D eigenvalue weighted by Crippen LogP contribution is -2.58. The second-order valence-corrected chi connectivity index (χ2v) is 7.48. The zero-order valence-electron chi connectivity index (χ0n) is 17.2. The van der Waals surface area contributed by atoms with Crippen molar-refractivity contribution >= 4 is 23.7 Å². The number of hydrogen-bond acceptors (Lipinski definition) is 5. The van der Waals surface area contributed by atoms with Gasteiger partial charge in [-0.2, -0.15) is 0 Å². The SMILES string of the molecule is CC[C@H](NC(=O)[C@H](Cc1ccccc1)NC(=O)[C@H](C)NC(=O)C(C)(C)N)C(=O)O. The van der Waals surface area contributed by atoms with Gasteiger partial charge in [-0.3, -0.25) is 14.4 Å². The molecule has 0 saturated heterocycles. The Balaban J connectivity index is 2.92. The molecule has 9 nitrogen and oxygen atoms in total. The van der Waals surface area contributed by atoms with Gasteiger partial charge in [0.2, 0.25) is 17.7 Å². The second kappa shape index (κ2) is 10.6. The molecule has 3 atom stereocenters. The summed E-state index contributed by atoms with van der Waals surface area (Å²) in [7, 11) is 0. The van der Waals surface area contributed by atoms with Crippen molar-refractivity contribution in [1.82, 2.24) is 16.0 Å². The van der Waals surface area contributed by atoms with Crippen LogP contribution in [0.1, 0.15) is 39.7 Å². The van der Waals surface area contributed by atoms with Crippen molar-refractivity contribution in [3.05, 3.63) is 35.9 Å². The molecule has 0 aliphatic heterocycles. The van der Waals surface area contributed by atoms with Crippen molar-refractivity contribution < 1.29 is 24.3 Å². The van der Waals surface area contributed by atoms with Crippen molar-refractivity contribution in [2.24, 2.45) is 5.73 Å². The first-order valence-electron chi connectivity index (χ1n) is 9.43. The van der Waals surface area contributed by atoms with E-state index < -0.39 is 47.4 Å². The highest BCUT2D eigenvalue weighted by Gasteiger charge is 2.29. The third-order valence-corrected chi connectivity index (χ3v) is 4.26. The molecule has 0 fully saturated rings. The standard InChI is InChI=1S/C20H30N4O5/c1-5-14(18(27)28)23-17(26)15(11-13-9-7-6-8-10-13)24-16(25)12(2)22-19(29)20(3,4)21/h6-10,12,14-15H,5,11,21H2,1-4H3,(H,22,29)(H,23,26)(H,24,25)(H,27,28)/t12-,14-,15-/m0/s1. The van der Waals surface area contributed by atoms with Gasteiger partial charge in [0.1, 0.15) is 18.1 Å². The molecule has 1 rings (SSSR count). The predicted molar refractivity (Wildman–Crippen MR) is 108 cm³/mol. The van der Waals surface area contributed by atoms with Crippen LogP contribution in [-0.4, -0.2) is 52.5 Å². The Morgan fingerprint density at radius 2 is 1.55 bits per heavy atom. The summed E-state index contributed by atoms with van der Waals surface area (Å²) in [6, 6.07) is 6.00. The van der Waals surface area contributed by atoms with Gasteiger partial charge in [-0.25, -0.2) is 4.79 Å². The fraction of sp³-hybridized carbons (Fsp3) is 0.500. The van der Waals surface area contributed by atoms with Crippen LogP contribution in [0, 0.1) is 0 Å². The summed E-state index contributed by atoms with van der Waals surface area (Å²) in [6.07, 6.45) is 0.364. The minimum atomic E-state index is -1.16. The number of carbonyl (C=O) groups excluding carboxylic acids is 3. The van der Waals surface area contributed by atoms with E-state index in [0.717, 1.165) is 5.56 Å². The molecule has 1 aromatic rings. The largest absolute Gasteiger partial charge is 0.480 e. The quantitative estimate of drug-likeness (QED) is 0.367. The Hall–Kier alpha value is -2.94. The lowest BCUT2D eigenvalue weighted by Gasteiger charge is -2.25. The van der Waals surface area contributed by atoms with Crippen LogP contribution in [0.15, 0.2) is 30.3 Å². The van der Waals surface area contributed by atoms with E-state index in [1.807, 2.05) is 6.07 Å². The number of amides is 3. The van der Waals surface area contributed by atoms with E-state index >= 15 is 0 Å². The van der Waals surface area contributed by atoms with Gasteiger partial charge in [-0.1, -0.05) is 37.3 Å². The fourth-order valence-corrected chi connectivity index (χ4v) is 2.41. The second-order valence-electron chi connectivity index (χ2n) is 7.48. The minimum Gasteiger partial charge on any atom is -0.480 e. The molecule has 160 valence electrons. The van der Waals surface area contributed by atoms with E-state index in [9.17, 15) is 24.3 Å². The Kier molecular flexibility index (Phi) is 8.78. The molecule has 3 amide bonds. The van der Waals surface area contributed by atoms with Gasteiger partial charge in [0.25, 0.3) is 0 Å². The number of carboxylic acids is 1. The number of nitrogens with two attached hydrogens (primary N) is 1. The van der Waals surface area contributed by atoms with Crippen LogP contribution in [0.2, 0.25) is 0 Å². The molecular formula is C20H30N4O5. The molecule has 0 aromatic heterocycles. The predicted octanol–water partition coefficient (Wildman–Crippen LogP) is -0.0647. The van der Waals surface area contributed by atoms with E-state index in [2.05, 4.69) is 16.0 Å². The highest BCUT2D eigenvalue weighted by atomic mass is 16.4. The zero-order chi connectivity index (χ0) is 22.2. The van der Waals surface area contributed by atoms with E-state index in [-0.39, 0.29) is 12.8 Å². The first-order valence-corrected chi connectivity index (χ1v) is 9.43. The summed E-state index contributed by atoms with van der Waals surface area (Å²) >= 11 is 0. The third kappa shape index (κ3) is 7.90. The number of benzene rings is 1. The van der Waals surface area contributed by atoms with Crippen molar-refractivity contribution in [3.8, 4) is 0 Å². The van der Waals surface area contributed by atoms with Gasteiger partial charge in [0.05, 0.1) is 5.54 Å². The summed E-state index contributed by atoms with van der Waals surface area (Å²) < 4.78 is 0. The molecule has 0 heterocycles. The topological polar surface area (TPSA) is 151 Å². The molecule has 9 heteroatoms. The molecular weight excluding hydrogens is 376 g/mol. The molecule has 0 aliphatic carbocycles. The minimum absolute atomic E-state index is 0.164. The van der Waals surface area contributed by atoms with Crippen LogP contribution in [0.5, 0.6) is 0 Å². The Bertz CT molecular complexity index is 730. The van der Waals surface area contributed by atoms with Gasteiger partial charge in [0, 0.05) is 6.42 Å². The number of rotatable bonds is 10. The summed E-state index contributed by atoms with van der Waals surface area (Å²) in [5, 5.41) is 16.7. The Labute approximate surface area is 170 Å². The van der Waals surface area contributed by atoms with Crippen LogP contribution in [-0.2, 0) is 25.6 Å². The van der Waals surface area contributed by atoms with E-state index in [1.54, 1.807) is 31.2 Å². The molecule has 29 heavy (non-hydrogen) atoms. The number of carbonyl (C=O) groups is 4. The average Bonchev–Trinajstić information content (AvgIpc) is 2.64. The van der Waals surface area contributed by atoms with Gasteiger partial charge < -0.3 is 26.8 Å². The molecule has 0 bridgehead atoms. The molecule has 0 unspecified atom stereocenters. The fourth-order valence-electron chi connectivity index (χ4n) is 2.41. The summed E-state index contributed by atoms with van der Waals surface area (Å²) in [4.78, 5) is 48.4. The number of carboxylic acid groups (broad SMARTS) is 1.